The van der Waals surface area contributed by atoms with E-state index in [1.54, 1.807) is 25.2 Å². The van der Waals surface area contributed by atoms with Crippen molar-refractivity contribution in [1.29, 1.82) is 0 Å². The molecule has 1 saturated heterocycles. The Bertz CT molecular complexity index is 826. The second-order valence-corrected chi connectivity index (χ2v) is 7.04. The Hall–Kier alpha value is -2.79. The Labute approximate surface area is 167 Å². The van der Waals surface area contributed by atoms with Crippen LogP contribution in [0.5, 0.6) is 11.5 Å². The van der Waals surface area contributed by atoms with Crippen LogP contribution in [0.1, 0.15) is 29.5 Å². The molecule has 0 aromatic heterocycles. The molecule has 5 heteroatoms. The highest BCUT2D eigenvalue weighted by Gasteiger charge is 2.17. The molecule has 148 valence electrons. The summed E-state index contributed by atoms with van der Waals surface area (Å²) < 4.78 is 10.7. The molecule has 0 spiro atoms. The number of amides is 1. The number of benzene rings is 2. The monoisotopic (exact) mass is 381 g/mol. The summed E-state index contributed by atoms with van der Waals surface area (Å²) in [6.07, 6.45) is 5.90. The van der Waals surface area contributed by atoms with Crippen LogP contribution >= 0.6 is 0 Å². The quantitative estimate of drug-likeness (QED) is 0.690. The summed E-state index contributed by atoms with van der Waals surface area (Å²) in [5.74, 6) is 1.13. The molecule has 0 bridgehead atoms. The van der Waals surface area contributed by atoms with Gasteiger partial charge in [0.05, 0.1) is 27.3 Å². The lowest BCUT2D eigenvalue weighted by atomic mass is 10.1. The van der Waals surface area contributed by atoms with E-state index in [-0.39, 0.29) is 5.91 Å². The van der Waals surface area contributed by atoms with Crippen molar-refractivity contribution >= 4 is 12.0 Å². The third-order valence-electron chi connectivity index (χ3n) is 5.17. The van der Waals surface area contributed by atoms with Crippen molar-refractivity contribution in [2.45, 2.75) is 25.9 Å². The fourth-order valence-electron chi connectivity index (χ4n) is 3.67. The summed E-state index contributed by atoms with van der Waals surface area (Å²) >= 11 is 0. The summed E-state index contributed by atoms with van der Waals surface area (Å²) in [5.41, 5.74) is 3.30. The number of carbonyl (C=O) groups excluding carboxylic acids is 1. The molecule has 2 aromatic carbocycles. The third-order valence-corrected chi connectivity index (χ3v) is 5.17. The number of quaternary nitrogens is 1. The topological polar surface area (TPSA) is 52.0 Å². The number of hydrogen-bond donors (Lipinski definition) is 2. The highest BCUT2D eigenvalue weighted by atomic mass is 16.5. The molecule has 0 aliphatic carbocycles. The lowest BCUT2D eigenvalue weighted by Crippen LogP contribution is -3.08. The number of ether oxygens (including phenoxy) is 2. The molecule has 0 radical (unpaired) electrons. The zero-order chi connectivity index (χ0) is 19.8. The van der Waals surface area contributed by atoms with Gasteiger partial charge in [0, 0.05) is 36.6 Å². The van der Waals surface area contributed by atoms with Crippen molar-refractivity contribution in [3.8, 4) is 11.5 Å². The van der Waals surface area contributed by atoms with Gasteiger partial charge in [-0.15, -0.1) is 0 Å². The molecule has 1 amide bonds. The van der Waals surface area contributed by atoms with E-state index in [9.17, 15) is 4.79 Å². The predicted molar refractivity (Wildman–Crippen MR) is 111 cm³/mol. The van der Waals surface area contributed by atoms with E-state index < -0.39 is 0 Å². The van der Waals surface area contributed by atoms with Gasteiger partial charge < -0.3 is 19.7 Å². The van der Waals surface area contributed by atoms with Gasteiger partial charge in [-0.1, -0.05) is 36.4 Å². The Balaban J connectivity index is 1.61. The van der Waals surface area contributed by atoms with E-state index in [2.05, 4.69) is 23.5 Å². The lowest BCUT2D eigenvalue weighted by molar-refractivity contribution is -0.901. The van der Waals surface area contributed by atoms with Gasteiger partial charge in [0.15, 0.2) is 11.5 Å². The second kappa shape index (κ2) is 9.95. The van der Waals surface area contributed by atoms with E-state index in [4.69, 9.17) is 9.47 Å². The van der Waals surface area contributed by atoms with Gasteiger partial charge in [-0.25, -0.2) is 0 Å². The fraction of sp³-hybridized carbons (Fsp3) is 0.348. The van der Waals surface area contributed by atoms with E-state index >= 15 is 0 Å². The van der Waals surface area contributed by atoms with Crippen molar-refractivity contribution in [3.63, 3.8) is 0 Å². The number of likely N-dealkylation sites (tertiary alicyclic amines) is 1. The third kappa shape index (κ3) is 5.14. The Morgan fingerprint density at radius 3 is 2.50 bits per heavy atom. The maximum absolute atomic E-state index is 12.3. The van der Waals surface area contributed by atoms with Crippen LogP contribution in [0.2, 0.25) is 0 Å². The van der Waals surface area contributed by atoms with E-state index in [0.717, 1.165) is 12.1 Å². The van der Waals surface area contributed by atoms with Crippen molar-refractivity contribution < 1.29 is 19.2 Å². The number of methoxy groups -OCH3 is 2. The minimum atomic E-state index is -0.131. The van der Waals surface area contributed by atoms with Gasteiger partial charge in [0.2, 0.25) is 5.91 Å². The molecular formula is C23H29N2O3+. The first kappa shape index (κ1) is 20.0. The SMILES string of the molecule is COc1cccc(/C=C/C(=O)NCc2ccccc2C[NH+]2CCCC2)c1OC. The summed E-state index contributed by atoms with van der Waals surface area (Å²) in [6.45, 7) is 4.04. The van der Waals surface area contributed by atoms with Crippen molar-refractivity contribution in [2.75, 3.05) is 27.3 Å². The maximum atomic E-state index is 12.3. The predicted octanol–water partition coefficient (Wildman–Crippen LogP) is 2.21. The molecule has 1 fully saturated rings. The molecule has 0 unspecified atom stereocenters. The van der Waals surface area contributed by atoms with Crippen LogP contribution in [0.3, 0.4) is 0 Å². The highest BCUT2D eigenvalue weighted by molar-refractivity contribution is 5.92. The number of para-hydroxylation sites is 1. The summed E-state index contributed by atoms with van der Waals surface area (Å²) in [6, 6.07) is 14.0. The lowest BCUT2D eigenvalue weighted by Gasteiger charge is -2.15. The van der Waals surface area contributed by atoms with Crippen molar-refractivity contribution in [1.82, 2.24) is 5.32 Å². The fourth-order valence-corrected chi connectivity index (χ4v) is 3.67. The molecule has 1 aliphatic heterocycles. The van der Waals surface area contributed by atoms with Crippen LogP contribution in [-0.2, 0) is 17.9 Å². The van der Waals surface area contributed by atoms with Gasteiger partial charge in [0.25, 0.3) is 0 Å². The first-order valence-electron chi connectivity index (χ1n) is 9.78. The van der Waals surface area contributed by atoms with E-state index in [1.165, 1.54) is 43.1 Å². The number of carbonyl (C=O) groups is 1. The molecule has 3 rings (SSSR count). The van der Waals surface area contributed by atoms with Crippen molar-refractivity contribution in [2.24, 2.45) is 0 Å². The zero-order valence-electron chi connectivity index (χ0n) is 16.7. The van der Waals surface area contributed by atoms with E-state index in [0.29, 0.717) is 18.0 Å². The van der Waals surface area contributed by atoms with Gasteiger partial charge in [-0.3, -0.25) is 4.79 Å². The summed E-state index contributed by atoms with van der Waals surface area (Å²) in [7, 11) is 3.19. The molecule has 1 heterocycles. The summed E-state index contributed by atoms with van der Waals surface area (Å²) in [4.78, 5) is 14.0. The molecule has 2 aromatic rings. The van der Waals surface area contributed by atoms with Crippen molar-refractivity contribution in [3.05, 3.63) is 65.2 Å². The largest absolute Gasteiger partial charge is 0.493 e. The average molecular weight is 381 g/mol. The minimum absolute atomic E-state index is 0.131. The highest BCUT2D eigenvalue weighted by Crippen LogP contribution is 2.31. The minimum Gasteiger partial charge on any atom is -0.493 e. The first-order chi connectivity index (χ1) is 13.7. The molecule has 0 saturated carbocycles. The molecule has 1 aliphatic rings. The molecule has 28 heavy (non-hydrogen) atoms. The molecular weight excluding hydrogens is 352 g/mol. The van der Waals surface area contributed by atoms with Gasteiger partial charge in [-0.2, -0.15) is 0 Å². The maximum Gasteiger partial charge on any atom is 0.244 e. The van der Waals surface area contributed by atoms with Crippen LogP contribution in [0.15, 0.2) is 48.5 Å². The molecule has 5 nitrogen and oxygen atoms in total. The second-order valence-electron chi connectivity index (χ2n) is 7.04. The van der Waals surface area contributed by atoms with Gasteiger partial charge in [0.1, 0.15) is 6.54 Å². The van der Waals surface area contributed by atoms with Crippen LogP contribution in [0.4, 0.5) is 0 Å². The van der Waals surface area contributed by atoms with Crippen LogP contribution in [0.25, 0.3) is 6.08 Å². The number of nitrogens with one attached hydrogen (secondary N) is 2. The summed E-state index contributed by atoms with van der Waals surface area (Å²) in [5, 5.41) is 2.99. The van der Waals surface area contributed by atoms with Gasteiger partial charge in [-0.05, 0) is 17.7 Å². The zero-order valence-corrected chi connectivity index (χ0v) is 16.7. The van der Waals surface area contributed by atoms with E-state index in [1.807, 2.05) is 24.3 Å². The standard InChI is InChI=1S/C23H28N2O3/c1-27-21-11-7-10-18(23(21)28-2)12-13-22(26)24-16-19-8-3-4-9-20(19)17-25-14-5-6-15-25/h3-4,7-13H,5-6,14-17H2,1-2H3,(H,24,26)/p+1/b13-12+. The Morgan fingerprint density at radius 2 is 1.79 bits per heavy atom. The molecule has 0 atom stereocenters. The normalized spacial score (nSPS) is 14.4. The van der Waals surface area contributed by atoms with Gasteiger partial charge >= 0.3 is 0 Å². The Kier molecular flexibility index (Phi) is 7.09. The number of rotatable bonds is 8. The average Bonchev–Trinajstić information content (AvgIpc) is 3.24. The molecule has 2 N–H and O–H groups in total. The number of hydrogen-bond acceptors (Lipinski definition) is 3. The Morgan fingerprint density at radius 1 is 1.04 bits per heavy atom. The smallest absolute Gasteiger partial charge is 0.244 e. The van der Waals surface area contributed by atoms with Crippen LogP contribution in [0, 0.1) is 0 Å². The van der Waals surface area contributed by atoms with Crippen LogP contribution < -0.4 is 19.7 Å². The first-order valence-corrected chi connectivity index (χ1v) is 9.78. The van der Waals surface area contributed by atoms with Crippen LogP contribution in [-0.4, -0.2) is 33.2 Å².